The minimum atomic E-state index is -0.665. The van der Waals surface area contributed by atoms with E-state index in [-0.39, 0.29) is 11.7 Å². The largest absolute Gasteiger partial charge is 0.494 e. The number of benzene rings is 2. The van der Waals surface area contributed by atoms with E-state index >= 15 is 0 Å². The van der Waals surface area contributed by atoms with E-state index in [4.69, 9.17) is 9.47 Å². The Morgan fingerprint density at radius 2 is 1.85 bits per heavy atom. The summed E-state index contributed by atoms with van der Waals surface area (Å²) >= 11 is 0. The van der Waals surface area contributed by atoms with Gasteiger partial charge in [-0.25, -0.2) is 0 Å². The normalized spacial score (nSPS) is 11.5. The third-order valence-electron chi connectivity index (χ3n) is 3.96. The van der Waals surface area contributed by atoms with E-state index in [1.165, 1.54) is 6.92 Å². The highest BCUT2D eigenvalue weighted by Gasteiger charge is 2.20. The lowest BCUT2D eigenvalue weighted by Gasteiger charge is -2.23. The molecular formula is C21H25NO4. The summed E-state index contributed by atoms with van der Waals surface area (Å²) in [5, 5.41) is 0. The molecule has 2 aromatic rings. The van der Waals surface area contributed by atoms with Gasteiger partial charge in [-0.3, -0.25) is 9.59 Å². The molecule has 2 rings (SSSR count). The lowest BCUT2D eigenvalue weighted by atomic mass is 10.1. The van der Waals surface area contributed by atoms with Crippen LogP contribution in [0.5, 0.6) is 11.5 Å². The summed E-state index contributed by atoms with van der Waals surface area (Å²) in [7, 11) is 1.73. The van der Waals surface area contributed by atoms with Crippen LogP contribution >= 0.6 is 0 Å². The molecule has 1 amide bonds. The Morgan fingerprint density at radius 1 is 1.12 bits per heavy atom. The number of amides is 1. The first kappa shape index (κ1) is 19.5. The van der Waals surface area contributed by atoms with Gasteiger partial charge in [0, 0.05) is 24.7 Å². The molecule has 0 N–H and O–H groups in total. The maximum absolute atomic E-state index is 12.6. The van der Waals surface area contributed by atoms with Gasteiger partial charge in [-0.15, -0.1) is 0 Å². The van der Waals surface area contributed by atoms with Crippen molar-refractivity contribution in [1.29, 1.82) is 0 Å². The first-order valence-corrected chi connectivity index (χ1v) is 8.65. The van der Waals surface area contributed by atoms with Crippen molar-refractivity contribution in [3.8, 4) is 11.5 Å². The minimum absolute atomic E-state index is 0.0425. The number of hydrogen-bond donors (Lipinski definition) is 0. The van der Waals surface area contributed by atoms with Crippen LogP contribution in [0.2, 0.25) is 0 Å². The van der Waals surface area contributed by atoms with Gasteiger partial charge < -0.3 is 14.4 Å². The Hall–Kier alpha value is -2.82. The van der Waals surface area contributed by atoms with Crippen LogP contribution in [0.15, 0.2) is 48.5 Å². The van der Waals surface area contributed by atoms with Crippen molar-refractivity contribution in [2.45, 2.75) is 33.4 Å². The molecule has 0 saturated carbocycles. The van der Waals surface area contributed by atoms with Crippen molar-refractivity contribution in [3.05, 3.63) is 59.7 Å². The summed E-state index contributed by atoms with van der Waals surface area (Å²) in [6.07, 6.45) is -0.665. The van der Waals surface area contributed by atoms with E-state index in [0.29, 0.717) is 24.5 Å². The molecule has 0 heterocycles. The minimum Gasteiger partial charge on any atom is -0.494 e. The van der Waals surface area contributed by atoms with Crippen LogP contribution in [-0.2, 0) is 11.3 Å². The van der Waals surface area contributed by atoms with Crippen LogP contribution in [-0.4, -0.2) is 36.3 Å². The van der Waals surface area contributed by atoms with Crippen LogP contribution in [0.25, 0.3) is 0 Å². The molecule has 0 spiro atoms. The van der Waals surface area contributed by atoms with Crippen molar-refractivity contribution < 1.29 is 19.1 Å². The van der Waals surface area contributed by atoms with Crippen molar-refractivity contribution in [2.75, 3.05) is 13.7 Å². The van der Waals surface area contributed by atoms with Crippen molar-refractivity contribution in [2.24, 2.45) is 0 Å². The number of Topliss-reactive ketones (excluding diaryl/α,β-unsaturated/α-hetero) is 1. The van der Waals surface area contributed by atoms with Gasteiger partial charge >= 0.3 is 0 Å². The summed E-state index contributed by atoms with van der Waals surface area (Å²) < 4.78 is 11.3. The predicted molar refractivity (Wildman–Crippen MR) is 101 cm³/mol. The van der Waals surface area contributed by atoms with Gasteiger partial charge in [0.2, 0.25) is 0 Å². The molecule has 0 bridgehead atoms. The Labute approximate surface area is 154 Å². The van der Waals surface area contributed by atoms with Gasteiger partial charge in [-0.2, -0.15) is 0 Å². The average molecular weight is 355 g/mol. The molecule has 0 aliphatic heterocycles. The SMILES string of the molecule is CCOc1ccccc1CN(C)C(=O)C(C)Oc1cccc(C(C)=O)c1. The highest BCUT2D eigenvalue weighted by atomic mass is 16.5. The zero-order valence-electron chi connectivity index (χ0n) is 15.7. The van der Waals surface area contributed by atoms with Crippen molar-refractivity contribution in [1.82, 2.24) is 4.90 Å². The van der Waals surface area contributed by atoms with E-state index in [1.807, 2.05) is 31.2 Å². The summed E-state index contributed by atoms with van der Waals surface area (Å²) in [4.78, 5) is 25.7. The Morgan fingerprint density at radius 3 is 2.54 bits per heavy atom. The molecule has 1 unspecified atom stereocenters. The third kappa shape index (κ3) is 5.09. The fourth-order valence-electron chi connectivity index (χ4n) is 2.62. The van der Waals surface area contributed by atoms with E-state index in [2.05, 4.69) is 0 Å². The van der Waals surface area contributed by atoms with Gasteiger partial charge in [0.05, 0.1) is 6.61 Å². The van der Waals surface area contributed by atoms with Crippen LogP contribution in [0.4, 0.5) is 0 Å². The number of hydrogen-bond acceptors (Lipinski definition) is 4. The highest BCUT2D eigenvalue weighted by molar-refractivity contribution is 5.94. The molecule has 0 aromatic heterocycles. The monoisotopic (exact) mass is 355 g/mol. The van der Waals surface area contributed by atoms with Crippen LogP contribution < -0.4 is 9.47 Å². The molecule has 5 nitrogen and oxygen atoms in total. The third-order valence-corrected chi connectivity index (χ3v) is 3.96. The van der Waals surface area contributed by atoms with Crippen molar-refractivity contribution in [3.63, 3.8) is 0 Å². The Balaban J connectivity index is 2.03. The molecule has 0 saturated heterocycles. The summed E-state index contributed by atoms with van der Waals surface area (Å²) in [5.74, 6) is 1.09. The molecular weight excluding hydrogens is 330 g/mol. The highest BCUT2D eigenvalue weighted by Crippen LogP contribution is 2.20. The number of ether oxygens (including phenoxy) is 2. The van der Waals surface area contributed by atoms with Crippen LogP contribution in [0, 0.1) is 0 Å². The fourth-order valence-corrected chi connectivity index (χ4v) is 2.62. The van der Waals surface area contributed by atoms with Crippen molar-refractivity contribution >= 4 is 11.7 Å². The predicted octanol–water partition coefficient (Wildman–Crippen LogP) is 3.71. The summed E-state index contributed by atoms with van der Waals surface area (Å²) in [6, 6.07) is 14.5. The fraction of sp³-hybridized carbons (Fsp3) is 0.333. The molecule has 26 heavy (non-hydrogen) atoms. The number of carbonyl (C=O) groups is 2. The number of nitrogens with zero attached hydrogens (tertiary/aromatic N) is 1. The molecule has 0 fully saturated rings. The van der Waals surface area contributed by atoms with Gasteiger partial charge in [-0.05, 0) is 39.0 Å². The standard InChI is InChI=1S/C21H25NO4/c1-5-25-20-12-7-6-9-18(20)14-22(4)21(24)16(3)26-19-11-8-10-17(13-19)15(2)23/h6-13,16H,5,14H2,1-4H3. The lowest BCUT2D eigenvalue weighted by molar-refractivity contribution is -0.137. The first-order chi connectivity index (χ1) is 12.4. The second kappa shape index (κ2) is 9.04. The maximum atomic E-state index is 12.6. The van der Waals surface area contributed by atoms with Crippen LogP contribution in [0.3, 0.4) is 0 Å². The zero-order valence-corrected chi connectivity index (χ0v) is 15.7. The molecule has 5 heteroatoms. The first-order valence-electron chi connectivity index (χ1n) is 8.65. The zero-order chi connectivity index (χ0) is 19.1. The van der Waals surface area contributed by atoms with Gasteiger partial charge in [-0.1, -0.05) is 30.3 Å². The Bertz CT molecular complexity index is 772. The number of ketones is 1. The summed E-state index contributed by atoms with van der Waals surface area (Å²) in [6.45, 7) is 6.12. The molecule has 1 atom stereocenters. The summed E-state index contributed by atoms with van der Waals surface area (Å²) in [5.41, 5.74) is 1.50. The number of para-hydroxylation sites is 1. The lowest BCUT2D eigenvalue weighted by Crippen LogP contribution is -2.37. The second-order valence-corrected chi connectivity index (χ2v) is 6.08. The number of likely N-dealkylation sites (N-methyl/N-ethyl adjacent to an activating group) is 1. The van der Waals surface area contributed by atoms with Gasteiger partial charge in [0.25, 0.3) is 5.91 Å². The smallest absolute Gasteiger partial charge is 0.263 e. The van der Waals surface area contributed by atoms with E-state index in [1.54, 1.807) is 43.1 Å². The van der Waals surface area contributed by atoms with E-state index in [9.17, 15) is 9.59 Å². The van der Waals surface area contributed by atoms with E-state index < -0.39 is 6.10 Å². The molecule has 0 radical (unpaired) electrons. The van der Waals surface area contributed by atoms with Crippen LogP contribution in [0.1, 0.15) is 36.7 Å². The molecule has 0 aliphatic rings. The molecule has 138 valence electrons. The number of rotatable bonds is 8. The molecule has 2 aromatic carbocycles. The molecule has 0 aliphatic carbocycles. The average Bonchev–Trinajstić information content (AvgIpc) is 2.63. The number of carbonyl (C=O) groups excluding carboxylic acids is 2. The van der Waals surface area contributed by atoms with E-state index in [0.717, 1.165) is 11.3 Å². The van der Waals surface area contributed by atoms with Gasteiger partial charge in [0.1, 0.15) is 11.5 Å². The maximum Gasteiger partial charge on any atom is 0.263 e. The topological polar surface area (TPSA) is 55.8 Å². The Kier molecular flexibility index (Phi) is 6.78. The second-order valence-electron chi connectivity index (χ2n) is 6.08. The van der Waals surface area contributed by atoms with Gasteiger partial charge in [0.15, 0.2) is 11.9 Å². The quantitative estimate of drug-likeness (QED) is 0.677.